The fourth-order valence-corrected chi connectivity index (χ4v) is 3.70. The molecule has 1 unspecified atom stereocenters. The van der Waals surface area contributed by atoms with Gasteiger partial charge in [0.2, 0.25) is 0 Å². The Balaban J connectivity index is 1.74. The summed E-state index contributed by atoms with van der Waals surface area (Å²) in [6.07, 6.45) is 2.20. The van der Waals surface area contributed by atoms with Crippen molar-refractivity contribution in [3.8, 4) is 0 Å². The van der Waals surface area contributed by atoms with Gasteiger partial charge in [0.15, 0.2) is 0 Å². The molecule has 4 rings (SSSR count). The highest BCUT2D eigenvalue weighted by Crippen LogP contribution is 2.34. The molecule has 0 heterocycles. The predicted octanol–water partition coefficient (Wildman–Crippen LogP) is 6.60. The van der Waals surface area contributed by atoms with Gasteiger partial charge in [-0.3, -0.25) is 0 Å². The molecule has 0 fully saturated rings. The molecule has 4 aromatic carbocycles. The van der Waals surface area contributed by atoms with Gasteiger partial charge in [-0.1, -0.05) is 103 Å². The number of rotatable bonds is 5. The van der Waals surface area contributed by atoms with Crippen LogP contribution in [0.15, 0.2) is 103 Å². The molecule has 0 bridgehead atoms. The summed E-state index contributed by atoms with van der Waals surface area (Å²) < 4.78 is 0. The fraction of sp³-hybridized carbons (Fsp3) is 0.120. The van der Waals surface area contributed by atoms with Gasteiger partial charge in [0.25, 0.3) is 0 Å². The molecule has 0 saturated carbocycles. The zero-order valence-electron chi connectivity index (χ0n) is 14.3. The molecule has 0 spiro atoms. The van der Waals surface area contributed by atoms with Crippen molar-refractivity contribution in [2.75, 3.05) is 0 Å². The molecule has 4 aromatic rings. The molecule has 0 nitrogen and oxygen atoms in total. The van der Waals surface area contributed by atoms with Crippen molar-refractivity contribution < 1.29 is 0 Å². The smallest absolute Gasteiger partial charge is 0.00986 e. The van der Waals surface area contributed by atoms with Crippen LogP contribution >= 0.6 is 0 Å². The SMILES string of the molecule is c1ccc(CCC(c2ccccc2)c2cccc3ccccc23)cc1. The number of fused-ring (bicyclic) bond motifs is 1. The van der Waals surface area contributed by atoms with Gasteiger partial charge < -0.3 is 0 Å². The highest BCUT2D eigenvalue weighted by molar-refractivity contribution is 5.86. The Kier molecular flexibility index (Phi) is 4.61. The molecular formula is C25H22. The van der Waals surface area contributed by atoms with Crippen LogP contribution in [-0.2, 0) is 6.42 Å². The molecule has 0 aliphatic rings. The Morgan fingerprint density at radius 1 is 0.560 bits per heavy atom. The molecule has 0 aliphatic carbocycles. The lowest BCUT2D eigenvalue weighted by Gasteiger charge is -2.20. The molecule has 25 heavy (non-hydrogen) atoms. The van der Waals surface area contributed by atoms with E-state index in [0.717, 1.165) is 12.8 Å². The van der Waals surface area contributed by atoms with Crippen LogP contribution in [0.5, 0.6) is 0 Å². The summed E-state index contributed by atoms with van der Waals surface area (Å²) in [5.74, 6) is 0.410. The van der Waals surface area contributed by atoms with Crippen LogP contribution in [-0.4, -0.2) is 0 Å². The first-order valence-electron chi connectivity index (χ1n) is 8.98. The van der Waals surface area contributed by atoms with Crippen molar-refractivity contribution in [1.29, 1.82) is 0 Å². The first-order valence-corrected chi connectivity index (χ1v) is 8.98. The van der Waals surface area contributed by atoms with E-state index in [1.165, 1.54) is 27.5 Å². The van der Waals surface area contributed by atoms with E-state index in [1.54, 1.807) is 0 Å². The third-order valence-corrected chi connectivity index (χ3v) is 4.97. The van der Waals surface area contributed by atoms with Gasteiger partial charge >= 0.3 is 0 Å². The summed E-state index contributed by atoms with van der Waals surface area (Å²) in [7, 11) is 0. The molecule has 1 atom stereocenters. The van der Waals surface area contributed by atoms with Crippen molar-refractivity contribution in [2.24, 2.45) is 0 Å². The quantitative estimate of drug-likeness (QED) is 0.388. The minimum atomic E-state index is 0.410. The molecule has 0 N–H and O–H groups in total. The lowest BCUT2D eigenvalue weighted by Crippen LogP contribution is -2.04. The van der Waals surface area contributed by atoms with Gasteiger partial charge in [-0.2, -0.15) is 0 Å². The molecular weight excluding hydrogens is 300 g/mol. The van der Waals surface area contributed by atoms with Crippen LogP contribution in [0.1, 0.15) is 29.0 Å². The van der Waals surface area contributed by atoms with E-state index in [2.05, 4.69) is 103 Å². The Morgan fingerprint density at radius 2 is 1.20 bits per heavy atom. The van der Waals surface area contributed by atoms with Gasteiger partial charge in [0, 0.05) is 5.92 Å². The third-order valence-electron chi connectivity index (χ3n) is 4.97. The van der Waals surface area contributed by atoms with Crippen molar-refractivity contribution in [3.63, 3.8) is 0 Å². The van der Waals surface area contributed by atoms with Gasteiger partial charge in [-0.25, -0.2) is 0 Å². The number of aryl methyl sites for hydroxylation is 1. The van der Waals surface area contributed by atoms with Crippen LogP contribution in [0, 0.1) is 0 Å². The normalized spacial score (nSPS) is 12.2. The van der Waals surface area contributed by atoms with Crippen LogP contribution in [0.2, 0.25) is 0 Å². The van der Waals surface area contributed by atoms with E-state index in [-0.39, 0.29) is 0 Å². The molecule has 0 amide bonds. The van der Waals surface area contributed by atoms with Gasteiger partial charge in [-0.15, -0.1) is 0 Å². The summed E-state index contributed by atoms with van der Waals surface area (Å²) >= 11 is 0. The van der Waals surface area contributed by atoms with E-state index in [0.29, 0.717) is 5.92 Å². The maximum absolute atomic E-state index is 2.30. The summed E-state index contributed by atoms with van der Waals surface area (Å²) in [5, 5.41) is 2.69. The lowest BCUT2D eigenvalue weighted by atomic mass is 9.84. The van der Waals surface area contributed by atoms with Gasteiger partial charge in [0.05, 0.1) is 0 Å². The molecule has 122 valence electrons. The van der Waals surface area contributed by atoms with Gasteiger partial charge in [0.1, 0.15) is 0 Å². The van der Waals surface area contributed by atoms with Crippen molar-refractivity contribution in [2.45, 2.75) is 18.8 Å². The minimum absolute atomic E-state index is 0.410. The molecule has 0 heteroatoms. The van der Waals surface area contributed by atoms with Crippen molar-refractivity contribution in [3.05, 3.63) is 120 Å². The topological polar surface area (TPSA) is 0 Å². The first-order chi connectivity index (χ1) is 12.4. The average molecular weight is 322 g/mol. The van der Waals surface area contributed by atoms with Crippen molar-refractivity contribution >= 4 is 10.8 Å². The van der Waals surface area contributed by atoms with Gasteiger partial charge in [-0.05, 0) is 40.3 Å². The Morgan fingerprint density at radius 3 is 2.00 bits per heavy atom. The summed E-state index contributed by atoms with van der Waals surface area (Å²) in [6, 6.07) is 37.1. The third kappa shape index (κ3) is 3.49. The standard InChI is InChI=1S/C25H22/c1-3-10-20(11-4-1)18-19-24(21-12-5-2-6-13-21)25-17-9-15-22-14-7-8-16-23(22)25/h1-17,24H,18-19H2. The Hall–Kier alpha value is -2.86. The van der Waals surface area contributed by atoms with E-state index in [1.807, 2.05) is 0 Å². The summed E-state index contributed by atoms with van der Waals surface area (Å²) in [4.78, 5) is 0. The number of benzene rings is 4. The van der Waals surface area contributed by atoms with Crippen LogP contribution < -0.4 is 0 Å². The average Bonchev–Trinajstić information content (AvgIpc) is 2.70. The highest BCUT2D eigenvalue weighted by atomic mass is 14.2. The Bertz CT molecular complexity index is 934. The second-order valence-electron chi connectivity index (χ2n) is 6.56. The van der Waals surface area contributed by atoms with Crippen LogP contribution in [0.25, 0.3) is 10.8 Å². The van der Waals surface area contributed by atoms with E-state index >= 15 is 0 Å². The largest absolute Gasteiger partial charge is 0.0622 e. The van der Waals surface area contributed by atoms with E-state index in [4.69, 9.17) is 0 Å². The molecule has 0 aromatic heterocycles. The molecule has 0 aliphatic heterocycles. The predicted molar refractivity (Wildman–Crippen MR) is 107 cm³/mol. The summed E-state index contributed by atoms with van der Waals surface area (Å²) in [5.41, 5.74) is 4.23. The van der Waals surface area contributed by atoms with Crippen LogP contribution in [0.4, 0.5) is 0 Å². The van der Waals surface area contributed by atoms with E-state index < -0.39 is 0 Å². The van der Waals surface area contributed by atoms with Crippen molar-refractivity contribution in [1.82, 2.24) is 0 Å². The molecule has 0 saturated heterocycles. The number of hydrogen-bond acceptors (Lipinski definition) is 0. The first kappa shape index (κ1) is 15.7. The second-order valence-corrected chi connectivity index (χ2v) is 6.56. The molecule has 0 radical (unpaired) electrons. The minimum Gasteiger partial charge on any atom is -0.0622 e. The highest BCUT2D eigenvalue weighted by Gasteiger charge is 2.16. The fourth-order valence-electron chi connectivity index (χ4n) is 3.70. The lowest BCUT2D eigenvalue weighted by molar-refractivity contribution is 0.720. The summed E-state index contributed by atoms with van der Waals surface area (Å²) in [6.45, 7) is 0. The Labute approximate surface area is 149 Å². The zero-order chi connectivity index (χ0) is 16.9. The van der Waals surface area contributed by atoms with Crippen LogP contribution in [0.3, 0.4) is 0 Å². The number of hydrogen-bond donors (Lipinski definition) is 0. The monoisotopic (exact) mass is 322 g/mol. The zero-order valence-corrected chi connectivity index (χ0v) is 14.3. The maximum Gasteiger partial charge on any atom is 0.00986 e. The second kappa shape index (κ2) is 7.36. The van der Waals surface area contributed by atoms with E-state index in [9.17, 15) is 0 Å². The maximum atomic E-state index is 2.30.